The van der Waals surface area contributed by atoms with Crippen LogP contribution in [0.25, 0.3) is 66.1 Å². The zero-order valence-electron chi connectivity index (χ0n) is 33.2. The van der Waals surface area contributed by atoms with Gasteiger partial charge in [-0.3, -0.25) is 19.0 Å². The summed E-state index contributed by atoms with van der Waals surface area (Å²) < 4.78 is 1.78. The fourth-order valence-electron chi connectivity index (χ4n) is 9.60. The normalized spacial score (nSPS) is 13.6. The highest BCUT2D eigenvalue weighted by molar-refractivity contribution is 6.54. The number of carbonyl (C=O) groups excluding carboxylic acids is 2. The van der Waals surface area contributed by atoms with Gasteiger partial charge in [0, 0.05) is 38.0 Å². The maximum absolute atomic E-state index is 14.9. The first-order chi connectivity index (χ1) is 26.6. The van der Waals surface area contributed by atoms with E-state index in [0.29, 0.717) is 43.9 Å². The number of pyridine rings is 1. The number of benzene rings is 7. The number of aromatic nitrogens is 1. The van der Waals surface area contributed by atoms with Crippen LogP contribution in [0, 0.1) is 0 Å². The minimum atomic E-state index is -0.402. The maximum Gasteiger partial charge on any atom is 0.266 e. The molecule has 7 aromatic carbocycles. The first kappa shape index (κ1) is 36.0. The van der Waals surface area contributed by atoms with Crippen molar-refractivity contribution in [2.75, 3.05) is 4.90 Å². The van der Waals surface area contributed by atoms with Crippen LogP contribution in [0.1, 0.15) is 122 Å². The van der Waals surface area contributed by atoms with Crippen LogP contribution in [0.4, 0.5) is 5.69 Å². The molecule has 0 spiro atoms. The molecule has 0 bridgehead atoms. The molecule has 9 rings (SSSR count). The third-order valence-electron chi connectivity index (χ3n) is 12.2. The van der Waals surface area contributed by atoms with Gasteiger partial charge in [-0.1, -0.05) is 140 Å². The number of fused-ring (bicyclic) bond motifs is 2. The van der Waals surface area contributed by atoms with Gasteiger partial charge in [-0.2, -0.15) is 0 Å². The summed E-state index contributed by atoms with van der Waals surface area (Å²) in [7, 11) is 14.1. The van der Waals surface area contributed by atoms with Crippen LogP contribution in [0.5, 0.6) is 0 Å². The summed E-state index contributed by atoms with van der Waals surface area (Å²) in [5, 5.41) is 7.87. The second-order valence-corrected chi connectivity index (χ2v) is 16.8. The molecule has 0 fully saturated rings. The van der Waals surface area contributed by atoms with Gasteiger partial charge in [0.2, 0.25) is 0 Å². The summed E-state index contributed by atoms with van der Waals surface area (Å²) in [6.45, 7) is 21.4. The highest BCUT2D eigenvalue weighted by Gasteiger charge is 2.38. The number of carbonyl (C=O) groups is 2. The molecular weight excluding hydrogens is 686 g/mol. The summed E-state index contributed by atoms with van der Waals surface area (Å²) in [5.41, 5.74) is 7.01. The number of hydrogen-bond acceptors (Lipinski definition) is 3. The molecule has 2 heterocycles. The van der Waals surface area contributed by atoms with Gasteiger partial charge in [0.15, 0.2) is 0 Å². The van der Waals surface area contributed by atoms with Crippen molar-refractivity contribution < 1.29 is 9.59 Å². The Bertz CT molecular complexity index is 3100. The summed E-state index contributed by atoms with van der Waals surface area (Å²) in [6, 6.07) is 23.5. The van der Waals surface area contributed by atoms with Crippen molar-refractivity contribution in [3.05, 3.63) is 122 Å². The largest absolute Gasteiger partial charge is 0.276 e. The fourth-order valence-corrected chi connectivity index (χ4v) is 9.60. The molecular formula is C49H42B2N2O3. The Morgan fingerprint density at radius 3 is 1.46 bits per heavy atom. The Balaban J connectivity index is 1.39. The summed E-state index contributed by atoms with van der Waals surface area (Å²) in [5.74, 6) is -0.286. The lowest BCUT2D eigenvalue weighted by molar-refractivity contribution is 0.0893. The zero-order chi connectivity index (χ0) is 39.8. The molecule has 0 aliphatic carbocycles. The topological polar surface area (TPSA) is 59.4 Å². The number of anilines is 1. The van der Waals surface area contributed by atoms with Gasteiger partial charge >= 0.3 is 0 Å². The molecule has 8 aromatic rings. The molecule has 1 aliphatic heterocycles. The van der Waals surface area contributed by atoms with Gasteiger partial charge in [-0.25, -0.2) is 4.90 Å². The molecule has 1 aliphatic rings. The monoisotopic (exact) mass is 728 g/mol. The molecule has 7 heteroatoms. The number of hydrogen-bond donors (Lipinski definition) is 0. The maximum atomic E-state index is 14.9. The molecule has 1 aromatic heterocycles. The number of rotatable bonds is 6. The standard InChI is InChI=1S/C49H42B2N2O3/c1-22(2)27-12-10-13-28(23(3)4)45(27)52-26(9)31-16-17-32-42-38(51)21-36-40-34(19-18-33(44(40)42)41-37(50)20-35(48(52)55)39(31)43(32)41)47(54)53(49(36)56)46-29(24(5)6)14-11-15-30(46)25(7)8/h10-25H,9H2,1-8H3. The average Bonchev–Trinajstić information content (AvgIpc) is 3.15. The molecule has 5 nitrogen and oxygen atoms in total. The molecule has 4 radical (unpaired) electrons. The van der Waals surface area contributed by atoms with Crippen molar-refractivity contribution in [1.82, 2.24) is 4.57 Å². The van der Waals surface area contributed by atoms with E-state index >= 15 is 0 Å². The minimum absolute atomic E-state index is 0.0740. The van der Waals surface area contributed by atoms with Crippen LogP contribution >= 0.6 is 0 Å². The van der Waals surface area contributed by atoms with Gasteiger partial charge in [-0.15, -0.1) is 0 Å². The van der Waals surface area contributed by atoms with E-state index in [2.05, 4.69) is 80.2 Å². The van der Waals surface area contributed by atoms with Crippen molar-refractivity contribution in [3.8, 4) is 5.69 Å². The SMILES string of the molecule is [B]c1cc2c3c(ccc4c5c([B])cc6c(=O)n(-c7c(C(C)C)cccc7C(C)C)c(=C)c7ccc(c1c34)c5c76)C(=O)N(c1c(C(C)C)cccc1C(C)C)C2=O. The Kier molecular flexibility index (Phi) is 7.98. The third-order valence-corrected chi connectivity index (χ3v) is 12.2. The van der Waals surface area contributed by atoms with E-state index in [-0.39, 0.29) is 35.1 Å². The van der Waals surface area contributed by atoms with Crippen molar-refractivity contribution >= 4 is 105 Å². The fraction of sp³-hybridized carbons (Fsp3) is 0.245. The zero-order valence-corrected chi connectivity index (χ0v) is 33.2. The number of imide groups is 1. The van der Waals surface area contributed by atoms with Crippen LogP contribution in [0.15, 0.2) is 77.6 Å². The first-order valence-electron chi connectivity index (χ1n) is 19.6. The van der Waals surface area contributed by atoms with Gasteiger partial charge in [-0.05, 0) is 84.3 Å². The average molecular weight is 729 g/mol. The molecule has 56 heavy (non-hydrogen) atoms. The van der Waals surface area contributed by atoms with E-state index in [1.54, 1.807) is 16.7 Å². The Hall–Kier alpha value is -5.68. The molecule has 0 N–H and O–H groups in total. The van der Waals surface area contributed by atoms with Crippen LogP contribution in [0.2, 0.25) is 0 Å². The van der Waals surface area contributed by atoms with Crippen LogP contribution < -0.4 is 26.7 Å². The molecule has 2 amide bonds. The van der Waals surface area contributed by atoms with Crippen molar-refractivity contribution in [1.29, 1.82) is 0 Å². The molecule has 272 valence electrons. The van der Waals surface area contributed by atoms with Gasteiger partial charge in [0.05, 0.1) is 11.4 Å². The summed E-state index contributed by atoms with van der Waals surface area (Å²) >= 11 is 0. The second-order valence-electron chi connectivity index (χ2n) is 16.8. The lowest BCUT2D eigenvalue weighted by Crippen LogP contribution is -2.42. The molecule has 0 saturated carbocycles. The predicted octanol–water partition coefficient (Wildman–Crippen LogP) is 9.05. The first-order valence-corrected chi connectivity index (χ1v) is 19.6. The van der Waals surface area contributed by atoms with Crippen molar-refractivity contribution in [2.45, 2.75) is 79.1 Å². The van der Waals surface area contributed by atoms with Gasteiger partial charge < -0.3 is 0 Å². The lowest BCUT2D eigenvalue weighted by Gasteiger charge is -2.33. The minimum Gasteiger partial charge on any atom is -0.276 e. The van der Waals surface area contributed by atoms with Crippen LogP contribution in [-0.2, 0) is 0 Å². The second kappa shape index (κ2) is 12.4. The Morgan fingerprint density at radius 2 is 0.929 bits per heavy atom. The molecule has 0 saturated heterocycles. The van der Waals surface area contributed by atoms with Crippen LogP contribution in [0.3, 0.4) is 0 Å². The molecule has 0 unspecified atom stereocenters. The lowest BCUT2D eigenvalue weighted by atomic mass is 9.75. The quantitative estimate of drug-likeness (QED) is 0.0744. The van der Waals surface area contributed by atoms with E-state index < -0.39 is 5.91 Å². The van der Waals surface area contributed by atoms with E-state index in [1.165, 1.54) is 4.90 Å². The number of amides is 2. The third kappa shape index (κ3) is 4.66. The van der Waals surface area contributed by atoms with Gasteiger partial charge in [0.1, 0.15) is 15.7 Å². The highest BCUT2D eigenvalue weighted by Crippen LogP contribution is 2.46. The van der Waals surface area contributed by atoms with E-state index in [0.717, 1.165) is 71.0 Å². The van der Waals surface area contributed by atoms with E-state index in [4.69, 9.17) is 15.7 Å². The van der Waals surface area contributed by atoms with Crippen LogP contribution in [-0.4, -0.2) is 32.1 Å². The van der Waals surface area contributed by atoms with Crippen molar-refractivity contribution in [3.63, 3.8) is 0 Å². The summed E-state index contributed by atoms with van der Waals surface area (Å²) in [6.07, 6.45) is 0. The Morgan fingerprint density at radius 1 is 0.482 bits per heavy atom. The number of nitrogens with zero attached hydrogens (tertiary/aromatic N) is 2. The van der Waals surface area contributed by atoms with Crippen molar-refractivity contribution in [2.24, 2.45) is 0 Å². The van der Waals surface area contributed by atoms with E-state index in [1.807, 2.05) is 42.5 Å². The summed E-state index contributed by atoms with van der Waals surface area (Å²) in [4.78, 5) is 45.9. The number of para-hydroxylation sites is 2. The van der Waals surface area contributed by atoms with Gasteiger partial charge in [0.25, 0.3) is 17.4 Å². The smallest absolute Gasteiger partial charge is 0.266 e. The predicted molar refractivity (Wildman–Crippen MR) is 236 cm³/mol. The van der Waals surface area contributed by atoms with E-state index in [9.17, 15) is 14.4 Å². The Labute approximate surface area is 329 Å². The molecule has 0 atom stereocenters. The highest BCUT2D eigenvalue weighted by atomic mass is 16.2.